The summed E-state index contributed by atoms with van der Waals surface area (Å²) >= 11 is 0. The van der Waals surface area contributed by atoms with Crippen molar-refractivity contribution in [1.29, 1.82) is 0 Å². The lowest BCUT2D eigenvalue weighted by molar-refractivity contribution is 0.112. The van der Waals surface area contributed by atoms with Crippen LogP contribution in [0.2, 0.25) is 0 Å². The number of benzene rings is 2. The molecule has 0 radical (unpaired) electrons. The van der Waals surface area contributed by atoms with Crippen LogP contribution in [0, 0.1) is 0 Å². The van der Waals surface area contributed by atoms with Crippen molar-refractivity contribution in [2.24, 2.45) is 0 Å². The average Bonchev–Trinajstić information content (AvgIpc) is 2.93. The van der Waals surface area contributed by atoms with E-state index in [9.17, 15) is 4.79 Å². The minimum Gasteiger partial charge on any atom is -0.453 e. The molecule has 0 saturated heterocycles. The van der Waals surface area contributed by atoms with Crippen molar-refractivity contribution in [3.05, 3.63) is 41.5 Å². The minimum absolute atomic E-state index is 0.150. The molecule has 0 saturated carbocycles. The summed E-state index contributed by atoms with van der Waals surface area (Å²) in [6, 6.07) is 9.66. The number of carbonyl (C=O) groups is 1. The molecule has 0 amide bonds. The van der Waals surface area contributed by atoms with Crippen LogP contribution < -0.4 is 15.2 Å². The summed E-state index contributed by atoms with van der Waals surface area (Å²) in [5, 5.41) is 0. The molecule has 0 bridgehead atoms. The lowest BCUT2D eigenvalue weighted by Gasteiger charge is -2.12. The fourth-order valence-electron chi connectivity index (χ4n) is 2.40. The second-order valence-electron chi connectivity index (χ2n) is 4.66. The van der Waals surface area contributed by atoms with Gasteiger partial charge in [0.1, 0.15) is 0 Å². The number of carbonyl (C=O) groups excluding carboxylic acids is 1. The van der Waals surface area contributed by atoms with Gasteiger partial charge in [0, 0.05) is 22.9 Å². The van der Waals surface area contributed by atoms with Gasteiger partial charge in [-0.2, -0.15) is 0 Å². The predicted octanol–water partition coefficient (Wildman–Crippen LogP) is 3.04. The van der Waals surface area contributed by atoms with Gasteiger partial charge in [-0.25, -0.2) is 0 Å². The molecule has 0 fully saturated rings. The topological polar surface area (TPSA) is 61.6 Å². The average molecular weight is 269 g/mol. The van der Waals surface area contributed by atoms with Gasteiger partial charge in [0.15, 0.2) is 17.8 Å². The van der Waals surface area contributed by atoms with E-state index in [-0.39, 0.29) is 6.79 Å². The summed E-state index contributed by atoms with van der Waals surface area (Å²) in [6.07, 6.45) is 1.73. The van der Waals surface area contributed by atoms with Gasteiger partial charge in [-0.05, 0) is 17.5 Å². The van der Waals surface area contributed by atoms with Gasteiger partial charge in [-0.1, -0.05) is 31.2 Å². The fraction of sp³-hybridized carbons (Fsp3) is 0.188. The number of fused-ring (bicyclic) bond motifs is 1. The van der Waals surface area contributed by atoms with E-state index < -0.39 is 0 Å². The van der Waals surface area contributed by atoms with Crippen LogP contribution in [0.1, 0.15) is 22.8 Å². The molecule has 4 heteroatoms. The molecule has 2 N–H and O–H groups in total. The molecular formula is C16H15NO3. The largest absolute Gasteiger partial charge is 0.453 e. The first-order valence-electron chi connectivity index (χ1n) is 6.51. The van der Waals surface area contributed by atoms with E-state index in [0.717, 1.165) is 18.3 Å². The molecular weight excluding hydrogens is 254 g/mol. The molecule has 2 aromatic carbocycles. The smallest absolute Gasteiger partial charge is 0.231 e. The Morgan fingerprint density at radius 2 is 2.00 bits per heavy atom. The maximum absolute atomic E-state index is 11.4. The van der Waals surface area contributed by atoms with Gasteiger partial charge in [-0.15, -0.1) is 0 Å². The number of aryl methyl sites for hydroxylation is 1. The van der Waals surface area contributed by atoms with Crippen LogP contribution in [0.4, 0.5) is 5.69 Å². The van der Waals surface area contributed by atoms with E-state index in [0.29, 0.717) is 28.3 Å². The van der Waals surface area contributed by atoms with Crippen LogP contribution >= 0.6 is 0 Å². The van der Waals surface area contributed by atoms with Crippen molar-refractivity contribution < 1.29 is 14.3 Å². The molecule has 0 spiro atoms. The lowest BCUT2D eigenvalue weighted by Crippen LogP contribution is -1.98. The number of hydrogen-bond acceptors (Lipinski definition) is 4. The van der Waals surface area contributed by atoms with Gasteiger partial charge in [0.25, 0.3) is 0 Å². The summed E-state index contributed by atoms with van der Waals surface area (Å²) in [5.74, 6) is 1.17. The molecule has 4 nitrogen and oxygen atoms in total. The zero-order valence-electron chi connectivity index (χ0n) is 11.2. The van der Waals surface area contributed by atoms with E-state index >= 15 is 0 Å². The van der Waals surface area contributed by atoms with Gasteiger partial charge >= 0.3 is 0 Å². The van der Waals surface area contributed by atoms with Crippen LogP contribution in [0.25, 0.3) is 11.1 Å². The van der Waals surface area contributed by atoms with Crippen molar-refractivity contribution >= 4 is 12.0 Å². The van der Waals surface area contributed by atoms with Crippen molar-refractivity contribution in [2.75, 3.05) is 12.5 Å². The van der Waals surface area contributed by atoms with Crippen molar-refractivity contribution in [3.63, 3.8) is 0 Å². The molecule has 102 valence electrons. The van der Waals surface area contributed by atoms with Crippen LogP contribution in [0.5, 0.6) is 11.5 Å². The zero-order valence-corrected chi connectivity index (χ0v) is 11.2. The number of nitrogens with two attached hydrogens (primary N) is 1. The Kier molecular flexibility index (Phi) is 3.06. The summed E-state index contributed by atoms with van der Waals surface area (Å²) < 4.78 is 10.9. The number of anilines is 1. The first-order valence-corrected chi connectivity index (χ1v) is 6.51. The quantitative estimate of drug-likeness (QED) is 0.687. The summed E-state index contributed by atoms with van der Waals surface area (Å²) in [4.78, 5) is 11.4. The Morgan fingerprint density at radius 3 is 2.65 bits per heavy atom. The number of ether oxygens (including phenoxy) is 2. The first kappa shape index (κ1) is 12.5. The summed E-state index contributed by atoms with van der Waals surface area (Å²) in [5.41, 5.74) is 9.62. The molecule has 1 aliphatic rings. The summed E-state index contributed by atoms with van der Waals surface area (Å²) in [6.45, 7) is 2.25. The molecule has 20 heavy (non-hydrogen) atoms. The zero-order chi connectivity index (χ0) is 14.1. The second kappa shape index (κ2) is 4.89. The number of rotatable bonds is 3. The second-order valence-corrected chi connectivity index (χ2v) is 4.66. The number of nitrogen functional groups attached to an aromatic ring is 1. The van der Waals surface area contributed by atoms with E-state index in [4.69, 9.17) is 15.2 Å². The van der Waals surface area contributed by atoms with Crippen LogP contribution in [-0.4, -0.2) is 13.1 Å². The van der Waals surface area contributed by atoms with Crippen LogP contribution in [0.3, 0.4) is 0 Å². The SMILES string of the molecule is CCc1ccc(-c2c(C=O)c(N)cc3c2OCO3)cc1. The van der Waals surface area contributed by atoms with Crippen molar-refractivity contribution in [2.45, 2.75) is 13.3 Å². The standard InChI is InChI=1S/C16H15NO3/c1-2-10-3-5-11(6-4-10)15-12(8-18)13(17)7-14-16(15)20-9-19-14/h3-8H,2,9,17H2,1H3. The third kappa shape index (κ3) is 1.90. The maximum atomic E-state index is 11.4. The molecule has 0 atom stereocenters. The first-order chi connectivity index (χ1) is 9.74. The highest BCUT2D eigenvalue weighted by molar-refractivity contribution is 5.98. The monoisotopic (exact) mass is 269 g/mol. The van der Waals surface area contributed by atoms with Crippen molar-refractivity contribution in [1.82, 2.24) is 0 Å². The highest BCUT2D eigenvalue weighted by atomic mass is 16.7. The maximum Gasteiger partial charge on any atom is 0.231 e. The van der Waals surface area contributed by atoms with Crippen LogP contribution in [-0.2, 0) is 6.42 Å². The third-order valence-electron chi connectivity index (χ3n) is 3.50. The molecule has 1 aliphatic heterocycles. The molecule has 0 unspecified atom stereocenters. The molecule has 2 aromatic rings. The Labute approximate surface area is 117 Å². The normalized spacial score (nSPS) is 12.4. The number of aldehydes is 1. The Balaban J connectivity index is 2.23. The van der Waals surface area contributed by atoms with Gasteiger partial charge < -0.3 is 15.2 Å². The van der Waals surface area contributed by atoms with Crippen LogP contribution in [0.15, 0.2) is 30.3 Å². The Hall–Kier alpha value is -2.49. The molecule has 1 heterocycles. The molecule has 0 aliphatic carbocycles. The fourth-order valence-corrected chi connectivity index (χ4v) is 2.40. The van der Waals surface area contributed by atoms with E-state index in [1.54, 1.807) is 6.07 Å². The van der Waals surface area contributed by atoms with Gasteiger partial charge in [0.05, 0.1) is 0 Å². The molecule has 3 rings (SSSR count). The minimum atomic E-state index is 0.150. The van der Waals surface area contributed by atoms with Gasteiger partial charge in [0.2, 0.25) is 6.79 Å². The highest BCUT2D eigenvalue weighted by Crippen LogP contribution is 2.45. The van der Waals surface area contributed by atoms with Gasteiger partial charge in [-0.3, -0.25) is 4.79 Å². The predicted molar refractivity (Wildman–Crippen MR) is 77.2 cm³/mol. The van der Waals surface area contributed by atoms with E-state index in [1.165, 1.54) is 5.56 Å². The highest BCUT2D eigenvalue weighted by Gasteiger charge is 2.24. The van der Waals surface area contributed by atoms with E-state index in [1.807, 2.05) is 24.3 Å². The molecule has 0 aromatic heterocycles. The summed E-state index contributed by atoms with van der Waals surface area (Å²) in [7, 11) is 0. The Bertz CT molecular complexity index is 662. The number of hydrogen-bond donors (Lipinski definition) is 1. The van der Waals surface area contributed by atoms with E-state index in [2.05, 4.69) is 6.92 Å². The van der Waals surface area contributed by atoms with Crippen molar-refractivity contribution in [3.8, 4) is 22.6 Å². The third-order valence-corrected chi connectivity index (χ3v) is 3.50. The lowest BCUT2D eigenvalue weighted by atomic mass is 9.96. The Morgan fingerprint density at radius 1 is 1.25 bits per heavy atom.